The average molecular weight is 314 g/mol. The number of carbonyl (C=O) groups excluding carboxylic acids is 1. The average Bonchev–Trinajstić information content (AvgIpc) is 2.26. The predicted octanol–water partition coefficient (Wildman–Crippen LogP) is 3.71. The highest BCUT2D eigenvalue weighted by Crippen LogP contribution is 2.24. The summed E-state index contributed by atoms with van der Waals surface area (Å²) in [7, 11) is 0. The number of amides is 1. The Morgan fingerprint density at radius 1 is 1.33 bits per heavy atom. The monoisotopic (exact) mass is 313 g/mol. The van der Waals surface area contributed by atoms with E-state index in [0.717, 1.165) is 19.5 Å². The first-order valence-electron chi connectivity index (χ1n) is 6.21. The van der Waals surface area contributed by atoms with E-state index >= 15 is 0 Å². The molecule has 0 bridgehead atoms. The van der Waals surface area contributed by atoms with Crippen molar-refractivity contribution in [3.63, 3.8) is 0 Å². The van der Waals surface area contributed by atoms with Crippen LogP contribution in [0.25, 0.3) is 0 Å². The molecule has 0 N–H and O–H groups in total. The molecule has 1 heterocycles. The molecule has 1 amide bonds. The summed E-state index contributed by atoms with van der Waals surface area (Å²) in [5.41, 5.74) is 0.166. The summed E-state index contributed by atoms with van der Waals surface area (Å²) in [6, 6.07) is 4.59. The van der Waals surface area contributed by atoms with Crippen LogP contribution in [0.2, 0.25) is 0 Å². The number of nitrogens with zero attached hydrogens (tertiary/aromatic N) is 1. The van der Waals surface area contributed by atoms with Crippen LogP contribution in [0.5, 0.6) is 0 Å². The molecule has 1 aliphatic heterocycles. The van der Waals surface area contributed by atoms with E-state index in [0.29, 0.717) is 16.3 Å². The van der Waals surface area contributed by atoms with E-state index in [2.05, 4.69) is 29.8 Å². The van der Waals surface area contributed by atoms with E-state index in [9.17, 15) is 9.18 Å². The number of hydrogen-bond acceptors (Lipinski definition) is 1. The summed E-state index contributed by atoms with van der Waals surface area (Å²) >= 11 is 3.20. The summed E-state index contributed by atoms with van der Waals surface area (Å²) in [6.45, 7) is 5.71. The van der Waals surface area contributed by atoms with Crippen molar-refractivity contribution in [1.82, 2.24) is 4.90 Å². The fourth-order valence-electron chi connectivity index (χ4n) is 2.66. The highest BCUT2D eigenvalue weighted by molar-refractivity contribution is 9.10. The van der Waals surface area contributed by atoms with E-state index in [1.54, 1.807) is 17.0 Å². The maximum atomic E-state index is 13.8. The zero-order chi connectivity index (χ0) is 13.3. The Hall–Kier alpha value is -0.900. The van der Waals surface area contributed by atoms with Crippen molar-refractivity contribution in [2.45, 2.75) is 20.3 Å². The molecule has 2 rings (SSSR count). The van der Waals surface area contributed by atoms with Crippen molar-refractivity contribution in [1.29, 1.82) is 0 Å². The Labute approximate surface area is 115 Å². The van der Waals surface area contributed by atoms with Crippen molar-refractivity contribution in [3.05, 3.63) is 34.1 Å². The predicted molar refractivity (Wildman–Crippen MR) is 72.9 cm³/mol. The fraction of sp³-hybridized carbons (Fsp3) is 0.500. The summed E-state index contributed by atoms with van der Waals surface area (Å²) in [4.78, 5) is 14.1. The van der Waals surface area contributed by atoms with Gasteiger partial charge in [0.25, 0.3) is 5.91 Å². The molecule has 4 heteroatoms. The van der Waals surface area contributed by atoms with Gasteiger partial charge in [-0.1, -0.05) is 29.8 Å². The van der Waals surface area contributed by atoms with Crippen LogP contribution in [0.15, 0.2) is 22.7 Å². The quantitative estimate of drug-likeness (QED) is 0.774. The zero-order valence-corrected chi connectivity index (χ0v) is 12.2. The number of likely N-dealkylation sites (tertiary alicyclic amines) is 1. The number of carbonyl (C=O) groups is 1. The minimum Gasteiger partial charge on any atom is -0.338 e. The molecule has 1 aliphatic rings. The molecule has 0 saturated carbocycles. The van der Waals surface area contributed by atoms with Gasteiger partial charge in [0.1, 0.15) is 5.82 Å². The molecule has 0 radical (unpaired) electrons. The molecule has 0 aliphatic carbocycles. The molecule has 0 spiro atoms. The Morgan fingerprint density at radius 3 is 2.50 bits per heavy atom. The summed E-state index contributed by atoms with van der Waals surface area (Å²) < 4.78 is 14.4. The van der Waals surface area contributed by atoms with Gasteiger partial charge in [-0.05, 0) is 36.5 Å². The second-order valence-corrected chi connectivity index (χ2v) is 6.20. The second kappa shape index (κ2) is 5.39. The first kappa shape index (κ1) is 13.5. The smallest absolute Gasteiger partial charge is 0.256 e. The molecule has 2 atom stereocenters. The van der Waals surface area contributed by atoms with Crippen molar-refractivity contribution >= 4 is 21.8 Å². The highest BCUT2D eigenvalue weighted by atomic mass is 79.9. The molecule has 0 aromatic heterocycles. The third-order valence-electron chi connectivity index (χ3n) is 3.32. The van der Waals surface area contributed by atoms with Crippen LogP contribution in [0, 0.1) is 17.7 Å². The highest BCUT2D eigenvalue weighted by Gasteiger charge is 2.27. The van der Waals surface area contributed by atoms with E-state index in [1.807, 2.05) is 0 Å². The van der Waals surface area contributed by atoms with Crippen molar-refractivity contribution in [3.8, 4) is 0 Å². The molecule has 1 fully saturated rings. The largest absolute Gasteiger partial charge is 0.338 e. The molecular formula is C14H17BrFNO. The molecular weight excluding hydrogens is 297 g/mol. The summed E-state index contributed by atoms with van der Waals surface area (Å²) in [6.07, 6.45) is 1.13. The van der Waals surface area contributed by atoms with Crippen LogP contribution < -0.4 is 0 Å². The lowest BCUT2D eigenvalue weighted by Gasteiger charge is -2.35. The molecule has 1 saturated heterocycles. The van der Waals surface area contributed by atoms with Crippen LogP contribution >= 0.6 is 15.9 Å². The van der Waals surface area contributed by atoms with Gasteiger partial charge in [-0.25, -0.2) is 4.39 Å². The first-order chi connectivity index (χ1) is 8.47. The van der Waals surface area contributed by atoms with E-state index < -0.39 is 5.82 Å². The fourth-order valence-corrected chi connectivity index (χ4v) is 3.00. The van der Waals surface area contributed by atoms with E-state index in [-0.39, 0.29) is 11.5 Å². The van der Waals surface area contributed by atoms with Crippen LogP contribution in [-0.4, -0.2) is 23.9 Å². The van der Waals surface area contributed by atoms with Crippen LogP contribution in [0.4, 0.5) is 4.39 Å². The molecule has 2 nitrogen and oxygen atoms in total. The van der Waals surface area contributed by atoms with Crippen molar-refractivity contribution in [2.75, 3.05) is 13.1 Å². The Morgan fingerprint density at radius 2 is 1.94 bits per heavy atom. The second-order valence-electron chi connectivity index (χ2n) is 5.28. The van der Waals surface area contributed by atoms with Crippen molar-refractivity contribution in [2.24, 2.45) is 11.8 Å². The summed E-state index contributed by atoms with van der Waals surface area (Å²) in [5, 5.41) is 0. The van der Waals surface area contributed by atoms with E-state index in [4.69, 9.17) is 0 Å². The Kier molecular flexibility index (Phi) is 4.05. The maximum Gasteiger partial charge on any atom is 0.256 e. The Balaban J connectivity index is 2.20. The number of hydrogen-bond donors (Lipinski definition) is 0. The van der Waals surface area contributed by atoms with Crippen LogP contribution in [-0.2, 0) is 0 Å². The van der Waals surface area contributed by atoms with Gasteiger partial charge in [0.05, 0.1) is 5.56 Å². The third-order valence-corrected chi connectivity index (χ3v) is 3.81. The van der Waals surface area contributed by atoms with Crippen LogP contribution in [0.1, 0.15) is 30.6 Å². The zero-order valence-electron chi connectivity index (χ0n) is 10.6. The van der Waals surface area contributed by atoms with Gasteiger partial charge in [0.15, 0.2) is 0 Å². The van der Waals surface area contributed by atoms with Gasteiger partial charge >= 0.3 is 0 Å². The Bertz CT molecular complexity index is 453. The molecule has 2 unspecified atom stereocenters. The normalized spacial score (nSPS) is 24.1. The third kappa shape index (κ3) is 2.91. The maximum absolute atomic E-state index is 13.8. The number of piperidine rings is 1. The number of halogens is 2. The topological polar surface area (TPSA) is 20.3 Å². The van der Waals surface area contributed by atoms with Gasteiger partial charge in [0.2, 0.25) is 0 Å². The standard InChI is InChI=1S/C14H17BrFNO/c1-9-5-10(2)8-17(7-9)14(18)12-4-3-11(15)6-13(12)16/h3-4,6,9-10H,5,7-8H2,1-2H3. The lowest BCUT2D eigenvalue weighted by atomic mass is 9.91. The number of benzene rings is 1. The van der Waals surface area contributed by atoms with Crippen LogP contribution in [0.3, 0.4) is 0 Å². The first-order valence-corrected chi connectivity index (χ1v) is 7.01. The van der Waals surface area contributed by atoms with E-state index in [1.165, 1.54) is 6.07 Å². The minimum absolute atomic E-state index is 0.166. The summed E-state index contributed by atoms with van der Waals surface area (Å²) in [5.74, 6) is 0.311. The minimum atomic E-state index is -0.458. The molecule has 98 valence electrons. The van der Waals surface area contributed by atoms with Crippen molar-refractivity contribution < 1.29 is 9.18 Å². The van der Waals surface area contributed by atoms with Gasteiger partial charge < -0.3 is 4.90 Å². The number of rotatable bonds is 1. The lowest BCUT2D eigenvalue weighted by Crippen LogP contribution is -2.42. The lowest BCUT2D eigenvalue weighted by molar-refractivity contribution is 0.0618. The molecule has 1 aromatic rings. The van der Waals surface area contributed by atoms with Gasteiger partial charge in [-0.15, -0.1) is 0 Å². The van der Waals surface area contributed by atoms with Gasteiger partial charge in [-0.3, -0.25) is 4.79 Å². The van der Waals surface area contributed by atoms with Gasteiger partial charge in [0, 0.05) is 17.6 Å². The SMILES string of the molecule is CC1CC(C)CN(C(=O)c2ccc(Br)cc2F)C1. The van der Waals surface area contributed by atoms with Gasteiger partial charge in [-0.2, -0.15) is 0 Å². The molecule has 18 heavy (non-hydrogen) atoms. The molecule has 1 aromatic carbocycles.